The number of carbonyl (C=O) groups is 2. The van der Waals surface area contributed by atoms with Crippen LogP contribution in [0.3, 0.4) is 0 Å². The zero-order chi connectivity index (χ0) is 20.0. The highest BCUT2D eigenvalue weighted by Crippen LogP contribution is 2.15. The van der Waals surface area contributed by atoms with Gasteiger partial charge in [0.25, 0.3) is 0 Å². The van der Waals surface area contributed by atoms with Crippen molar-refractivity contribution in [2.75, 3.05) is 38.0 Å². The molecule has 0 bridgehead atoms. The van der Waals surface area contributed by atoms with Crippen molar-refractivity contribution in [1.82, 2.24) is 15.1 Å². The third kappa shape index (κ3) is 6.30. The van der Waals surface area contributed by atoms with Crippen LogP contribution >= 0.6 is 0 Å². The van der Waals surface area contributed by atoms with Gasteiger partial charge in [-0.3, -0.25) is 19.9 Å². The molecule has 2 atom stereocenters. The molecular formula is C20H32N4O3. The van der Waals surface area contributed by atoms with Gasteiger partial charge in [-0.2, -0.15) is 0 Å². The highest BCUT2D eigenvalue weighted by atomic mass is 16.3. The number of rotatable bonds is 6. The Labute approximate surface area is 161 Å². The molecule has 1 aromatic carbocycles. The van der Waals surface area contributed by atoms with Crippen molar-refractivity contribution in [3.8, 4) is 0 Å². The first kappa shape index (κ1) is 21.3. The molecule has 0 aliphatic carbocycles. The molecule has 0 aromatic heterocycles. The van der Waals surface area contributed by atoms with Gasteiger partial charge in [0.1, 0.15) is 0 Å². The van der Waals surface area contributed by atoms with E-state index >= 15 is 0 Å². The van der Waals surface area contributed by atoms with E-state index < -0.39 is 6.03 Å². The Bertz CT molecular complexity index is 657. The van der Waals surface area contributed by atoms with Gasteiger partial charge in [-0.1, -0.05) is 24.6 Å². The average Bonchev–Trinajstić information content (AvgIpc) is 2.64. The maximum absolute atomic E-state index is 12.4. The lowest BCUT2D eigenvalue weighted by molar-refractivity contribution is -0.125. The number of aryl methyl sites for hydroxylation is 2. The van der Waals surface area contributed by atoms with Crippen LogP contribution in [0.2, 0.25) is 0 Å². The Morgan fingerprint density at radius 1 is 1.19 bits per heavy atom. The topological polar surface area (TPSA) is 84.9 Å². The summed E-state index contributed by atoms with van der Waals surface area (Å²) in [6, 6.07) is 4.84. The van der Waals surface area contributed by atoms with Gasteiger partial charge < -0.3 is 10.4 Å². The van der Waals surface area contributed by atoms with E-state index in [2.05, 4.69) is 20.4 Å². The largest absolute Gasteiger partial charge is 0.392 e. The third-order valence-corrected chi connectivity index (χ3v) is 5.14. The molecule has 7 heteroatoms. The van der Waals surface area contributed by atoms with Crippen LogP contribution in [-0.4, -0.2) is 71.7 Å². The number of nitrogens with one attached hydrogen (secondary N) is 2. The number of benzene rings is 1. The van der Waals surface area contributed by atoms with Gasteiger partial charge in [-0.15, -0.1) is 0 Å². The summed E-state index contributed by atoms with van der Waals surface area (Å²) in [5, 5.41) is 14.9. The van der Waals surface area contributed by atoms with Crippen molar-refractivity contribution < 1.29 is 14.7 Å². The van der Waals surface area contributed by atoms with Gasteiger partial charge in [0, 0.05) is 38.4 Å². The van der Waals surface area contributed by atoms with Crippen LogP contribution in [0.1, 0.15) is 31.4 Å². The van der Waals surface area contributed by atoms with Crippen LogP contribution in [0.5, 0.6) is 0 Å². The van der Waals surface area contributed by atoms with Gasteiger partial charge in [-0.25, -0.2) is 4.79 Å². The van der Waals surface area contributed by atoms with E-state index in [1.165, 1.54) is 0 Å². The predicted molar refractivity (Wildman–Crippen MR) is 107 cm³/mol. The Balaban J connectivity index is 1.80. The van der Waals surface area contributed by atoms with Crippen LogP contribution in [-0.2, 0) is 4.79 Å². The van der Waals surface area contributed by atoms with E-state index in [1.54, 1.807) is 0 Å². The van der Waals surface area contributed by atoms with Crippen LogP contribution in [0.25, 0.3) is 0 Å². The molecule has 3 amide bonds. The maximum atomic E-state index is 12.4. The van der Waals surface area contributed by atoms with Crippen LogP contribution in [0.4, 0.5) is 10.5 Å². The van der Waals surface area contributed by atoms with Crippen molar-refractivity contribution >= 4 is 17.6 Å². The lowest BCUT2D eigenvalue weighted by Gasteiger charge is -2.37. The molecule has 1 heterocycles. The molecule has 2 rings (SSSR count). The molecular weight excluding hydrogens is 344 g/mol. The van der Waals surface area contributed by atoms with E-state index in [0.29, 0.717) is 12.2 Å². The van der Waals surface area contributed by atoms with E-state index in [9.17, 15) is 14.7 Å². The minimum Gasteiger partial charge on any atom is -0.392 e. The molecule has 150 valence electrons. The molecule has 2 unspecified atom stereocenters. The number of hydrogen-bond donors (Lipinski definition) is 3. The fraction of sp³-hybridized carbons (Fsp3) is 0.600. The molecule has 1 aliphatic rings. The summed E-state index contributed by atoms with van der Waals surface area (Å²) in [5.74, 6) is -0.306. The second-order valence-electron chi connectivity index (χ2n) is 7.34. The maximum Gasteiger partial charge on any atom is 0.325 e. The standard InChI is InChI=1S/C20H32N4O3/c1-5-17(25)13-23-8-10-24(11-9-23)16(4)19(26)22-20(27)21-18-7-6-14(2)12-15(18)3/h6-7,12,16-17,25H,5,8-11,13H2,1-4H3,(H2,21,22,26,27). The first-order chi connectivity index (χ1) is 12.8. The second-order valence-corrected chi connectivity index (χ2v) is 7.34. The third-order valence-electron chi connectivity index (χ3n) is 5.14. The zero-order valence-corrected chi connectivity index (χ0v) is 16.8. The van der Waals surface area contributed by atoms with Gasteiger partial charge >= 0.3 is 6.03 Å². The summed E-state index contributed by atoms with van der Waals surface area (Å²) in [6.07, 6.45) is 0.445. The van der Waals surface area contributed by atoms with E-state index in [-0.39, 0.29) is 18.1 Å². The molecule has 7 nitrogen and oxygen atoms in total. The molecule has 0 spiro atoms. The zero-order valence-electron chi connectivity index (χ0n) is 16.8. The van der Waals surface area contributed by atoms with Gasteiger partial charge in [-0.05, 0) is 38.8 Å². The summed E-state index contributed by atoms with van der Waals surface area (Å²) >= 11 is 0. The number of urea groups is 1. The average molecular weight is 377 g/mol. The van der Waals surface area contributed by atoms with Crippen LogP contribution in [0.15, 0.2) is 18.2 Å². The van der Waals surface area contributed by atoms with Crippen molar-refractivity contribution in [1.29, 1.82) is 0 Å². The number of amides is 3. The van der Waals surface area contributed by atoms with Gasteiger partial charge in [0.05, 0.1) is 12.1 Å². The lowest BCUT2D eigenvalue weighted by Crippen LogP contribution is -2.55. The number of β-amino-alcohol motifs (C(OH)–C–C–N with tert-alkyl or cyclic N) is 1. The first-order valence-electron chi connectivity index (χ1n) is 9.63. The summed E-state index contributed by atoms with van der Waals surface area (Å²) in [6.45, 7) is 11.5. The highest BCUT2D eigenvalue weighted by molar-refractivity contribution is 6.03. The second kappa shape index (κ2) is 9.82. The summed E-state index contributed by atoms with van der Waals surface area (Å²) < 4.78 is 0. The molecule has 0 radical (unpaired) electrons. The summed E-state index contributed by atoms with van der Waals surface area (Å²) in [7, 11) is 0. The van der Waals surface area contributed by atoms with Crippen molar-refractivity contribution in [2.24, 2.45) is 0 Å². The van der Waals surface area contributed by atoms with E-state index in [0.717, 1.165) is 43.7 Å². The fourth-order valence-corrected chi connectivity index (χ4v) is 3.25. The van der Waals surface area contributed by atoms with Crippen molar-refractivity contribution in [2.45, 2.75) is 46.3 Å². The summed E-state index contributed by atoms with van der Waals surface area (Å²) in [4.78, 5) is 28.9. The number of anilines is 1. The molecule has 1 fully saturated rings. The van der Waals surface area contributed by atoms with Gasteiger partial charge in [0.15, 0.2) is 0 Å². The number of nitrogens with zero attached hydrogens (tertiary/aromatic N) is 2. The number of hydrogen-bond acceptors (Lipinski definition) is 5. The Kier molecular flexibility index (Phi) is 7.77. The van der Waals surface area contributed by atoms with Crippen molar-refractivity contribution in [3.05, 3.63) is 29.3 Å². The quantitative estimate of drug-likeness (QED) is 0.704. The van der Waals surface area contributed by atoms with E-state index in [4.69, 9.17) is 0 Å². The number of carbonyl (C=O) groups excluding carboxylic acids is 2. The molecule has 1 aromatic rings. The number of aliphatic hydroxyl groups is 1. The van der Waals surface area contributed by atoms with Crippen LogP contribution in [0, 0.1) is 13.8 Å². The highest BCUT2D eigenvalue weighted by Gasteiger charge is 2.27. The lowest BCUT2D eigenvalue weighted by atomic mass is 10.1. The Hall–Kier alpha value is -1.96. The smallest absolute Gasteiger partial charge is 0.325 e. The first-order valence-corrected chi connectivity index (χ1v) is 9.63. The molecule has 0 saturated carbocycles. The van der Waals surface area contributed by atoms with Gasteiger partial charge in [0.2, 0.25) is 5.91 Å². The summed E-state index contributed by atoms with van der Waals surface area (Å²) in [5.41, 5.74) is 2.77. The number of piperazine rings is 1. The molecule has 1 aliphatic heterocycles. The van der Waals surface area contributed by atoms with Crippen molar-refractivity contribution in [3.63, 3.8) is 0 Å². The fourth-order valence-electron chi connectivity index (χ4n) is 3.25. The normalized spacial score (nSPS) is 18.0. The number of imide groups is 1. The van der Waals surface area contributed by atoms with Crippen LogP contribution < -0.4 is 10.6 Å². The molecule has 1 saturated heterocycles. The Morgan fingerprint density at radius 3 is 2.44 bits per heavy atom. The predicted octanol–water partition coefficient (Wildman–Crippen LogP) is 1.73. The Morgan fingerprint density at radius 2 is 1.85 bits per heavy atom. The monoisotopic (exact) mass is 376 g/mol. The molecule has 27 heavy (non-hydrogen) atoms. The SMILES string of the molecule is CCC(O)CN1CCN(C(C)C(=O)NC(=O)Nc2ccc(C)cc2C)CC1. The minimum atomic E-state index is -0.511. The minimum absolute atomic E-state index is 0.300. The molecule has 3 N–H and O–H groups in total. The van der Waals surface area contributed by atoms with E-state index in [1.807, 2.05) is 45.9 Å². The number of aliphatic hydroxyl groups excluding tert-OH is 1.